The first-order valence-electron chi connectivity index (χ1n) is 19.9. The van der Waals surface area contributed by atoms with Crippen molar-refractivity contribution >= 4 is 39.1 Å². The molecule has 1 spiro atoms. The van der Waals surface area contributed by atoms with E-state index in [1.54, 1.807) is 25.1 Å². The zero-order valence-corrected chi connectivity index (χ0v) is 33.9. The Bertz CT molecular complexity index is 1840. The van der Waals surface area contributed by atoms with Crippen LogP contribution in [0.2, 0.25) is 5.02 Å². The van der Waals surface area contributed by atoms with E-state index in [0.29, 0.717) is 70.9 Å². The third-order valence-electron chi connectivity index (χ3n) is 13.4. The molecule has 5 aliphatic rings. The first kappa shape index (κ1) is 39.3. The zero-order valence-electron chi connectivity index (χ0n) is 32.4. The van der Waals surface area contributed by atoms with Gasteiger partial charge in [0.25, 0.3) is 5.91 Å². The molecule has 6 atom stereocenters. The molecule has 3 aliphatic heterocycles. The molecule has 2 aromatic carbocycles. The van der Waals surface area contributed by atoms with Gasteiger partial charge in [0.1, 0.15) is 5.75 Å². The quantitative estimate of drug-likeness (QED) is 0.450. The number of hydrogen-bond donors (Lipinski definition) is 2. The number of nitrogens with one attached hydrogen (secondary N) is 1. The molecule has 11 nitrogen and oxygen atoms in total. The lowest BCUT2D eigenvalue weighted by Gasteiger charge is -2.52. The van der Waals surface area contributed by atoms with E-state index in [0.717, 1.165) is 49.4 Å². The van der Waals surface area contributed by atoms with Crippen LogP contribution in [0, 0.1) is 17.8 Å². The molecule has 2 aliphatic carbocycles. The highest BCUT2D eigenvalue weighted by molar-refractivity contribution is 7.90. The second kappa shape index (κ2) is 15.6. The highest BCUT2D eigenvalue weighted by Gasteiger charge is 2.50. The number of sulfonamides is 1. The molecule has 2 N–H and O–H groups in total. The van der Waals surface area contributed by atoms with Crippen LogP contribution in [0.5, 0.6) is 5.75 Å². The number of halogens is 1. The maximum Gasteiger partial charge on any atom is 0.264 e. The summed E-state index contributed by atoms with van der Waals surface area (Å²) < 4.78 is 36.2. The van der Waals surface area contributed by atoms with Crippen molar-refractivity contribution in [2.45, 2.75) is 81.5 Å². The molecule has 296 valence electrons. The Morgan fingerprint density at radius 1 is 1.04 bits per heavy atom. The summed E-state index contributed by atoms with van der Waals surface area (Å²) in [6.07, 6.45) is 6.44. The van der Waals surface area contributed by atoms with Crippen LogP contribution < -0.4 is 14.4 Å². The maximum absolute atomic E-state index is 13.6. The van der Waals surface area contributed by atoms with E-state index in [-0.39, 0.29) is 41.2 Å². The van der Waals surface area contributed by atoms with Crippen LogP contribution in [-0.2, 0) is 26.7 Å². The number of fused-ring (bicyclic) bond motifs is 4. The predicted octanol–water partition coefficient (Wildman–Crippen LogP) is 4.54. The van der Waals surface area contributed by atoms with E-state index >= 15 is 0 Å². The molecule has 0 radical (unpaired) electrons. The molecule has 1 saturated heterocycles. The average Bonchev–Trinajstić information content (AvgIpc) is 3.25. The summed E-state index contributed by atoms with van der Waals surface area (Å²) in [6, 6.07) is 11.4. The predicted molar refractivity (Wildman–Crippen MR) is 212 cm³/mol. The minimum Gasteiger partial charge on any atom is -0.490 e. The van der Waals surface area contributed by atoms with Crippen molar-refractivity contribution in [2.75, 3.05) is 78.0 Å². The average molecular weight is 784 g/mol. The summed E-state index contributed by atoms with van der Waals surface area (Å²) in [5.74, 6) is 0.0321. The van der Waals surface area contributed by atoms with Gasteiger partial charge >= 0.3 is 0 Å². The highest BCUT2D eigenvalue weighted by atomic mass is 35.5. The van der Waals surface area contributed by atoms with Crippen molar-refractivity contribution in [1.82, 2.24) is 19.4 Å². The van der Waals surface area contributed by atoms with Crippen LogP contribution >= 0.6 is 11.6 Å². The van der Waals surface area contributed by atoms with E-state index < -0.39 is 26.8 Å². The van der Waals surface area contributed by atoms with Gasteiger partial charge in [-0.15, -0.1) is 0 Å². The third kappa shape index (κ3) is 8.01. The first-order valence-corrected chi connectivity index (χ1v) is 21.8. The molecule has 2 fully saturated rings. The number of aryl methyl sites for hydroxylation is 1. The summed E-state index contributed by atoms with van der Waals surface area (Å²) in [6.45, 7) is 8.85. The highest BCUT2D eigenvalue weighted by Crippen LogP contribution is 2.49. The van der Waals surface area contributed by atoms with Gasteiger partial charge in [-0.25, -0.2) is 13.1 Å². The van der Waals surface area contributed by atoms with Crippen molar-refractivity contribution in [2.24, 2.45) is 17.8 Å². The smallest absolute Gasteiger partial charge is 0.264 e. The summed E-state index contributed by atoms with van der Waals surface area (Å²) in [5.41, 5.74) is 2.12. The molecule has 54 heavy (non-hydrogen) atoms. The minimum absolute atomic E-state index is 0.00348. The van der Waals surface area contributed by atoms with E-state index in [1.807, 2.05) is 32.0 Å². The summed E-state index contributed by atoms with van der Waals surface area (Å²) in [7, 11) is 0.0286. The normalized spacial score (nSPS) is 31.9. The van der Waals surface area contributed by atoms with Crippen molar-refractivity contribution in [1.29, 1.82) is 0 Å². The second-order valence-corrected chi connectivity index (χ2v) is 19.8. The zero-order chi connectivity index (χ0) is 38.4. The molecule has 2 amide bonds. The Hall–Kier alpha value is -2.90. The van der Waals surface area contributed by atoms with Gasteiger partial charge in [-0.05, 0) is 125 Å². The number of aliphatic hydroxyl groups is 1. The first-order chi connectivity index (χ1) is 25.7. The maximum atomic E-state index is 13.6. The number of likely N-dealkylation sites (N-methyl/N-ethyl adjacent to an activating group) is 1. The molecule has 13 heteroatoms. The van der Waals surface area contributed by atoms with Crippen molar-refractivity contribution < 1.29 is 27.9 Å². The summed E-state index contributed by atoms with van der Waals surface area (Å²) in [5, 5.41) is 12.8. The summed E-state index contributed by atoms with van der Waals surface area (Å²) in [4.78, 5) is 35.4. The molecule has 3 heterocycles. The molecular formula is C41H58ClN5O6S. The Kier molecular flexibility index (Phi) is 11.3. The number of benzene rings is 2. The van der Waals surface area contributed by atoms with Crippen molar-refractivity contribution in [3.05, 3.63) is 58.1 Å². The number of piperazine rings is 1. The Balaban J connectivity index is 1.23. The largest absolute Gasteiger partial charge is 0.490 e. The number of nitrogens with zero attached hydrogens (tertiary/aromatic N) is 4. The number of rotatable bonds is 5. The molecule has 0 unspecified atom stereocenters. The fraction of sp³-hybridized carbons (Fsp3) is 0.659. The second-order valence-electron chi connectivity index (χ2n) is 17.3. The van der Waals surface area contributed by atoms with E-state index in [1.165, 1.54) is 11.1 Å². The molecule has 1 saturated carbocycles. The van der Waals surface area contributed by atoms with Gasteiger partial charge in [-0.3, -0.25) is 14.5 Å². The Labute approximate surface area is 326 Å². The lowest BCUT2D eigenvalue weighted by Crippen LogP contribution is -2.60. The van der Waals surface area contributed by atoms with E-state index in [9.17, 15) is 23.1 Å². The van der Waals surface area contributed by atoms with Gasteiger partial charge in [0.15, 0.2) is 0 Å². The third-order valence-corrected chi connectivity index (χ3v) is 15.5. The number of hydrogen-bond acceptors (Lipinski definition) is 9. The number of amides is 2. The van der Waals surface area contributed by atoms with Crippen LogP contribution in [0.1, 0.15) is 80.3 Å². The van der Waals surface area contributed by atoms with Crippen LogP contribution in [0.3, 0.4) is 0 Å². The van der Waals surface area contributed by atoms with Gasteiger partial charge in [0.2, 0.25) is 15.9 Å². The minimum atomic E-state index is -3.99. The van der Waals surface area contributed by atoms with Crippen LogP contribution in [0.25, 0.3) is 0 Å². The fourth-order valence-corrected chi connectivity index (χ4v) is 11.3. The van der Waals surface area contributed by atoms with Crippen LogP contribution in [0.4, 0.5) is 5.69 Å². The van der Waals surface area contributed by atoms with Gasteiger partial charge in [-0.2, -0.15) is 0 Å². The van der Waals surface area contributed by atoms with Gasteiger partial charge in [0.05, 0.1) is 29.7 Å². The van der Waals surface area contributed by atoms with Crippen LogP contribution in [-0.4, -0.2) is 124 Å². The van der Waals surface area contributed by atoms with Crippen molar-refractivity contribution in [3.63, 3.8) is 0 Å². The number of carbonyl (C=O) groups excluding carboxylic acids is 2. The Morgan fingerprint density at radius 2 is 1.85 bits per heavy atom. The Morgan fingerprint density at radius 3 is 2.59 bits per heavy atom. The number of carbonyl (C=O) groups is 2. The van der Waals surface area contributed by atoms with Crippen molar-refractivity contribution in [3.8, 4) is 5.75 Å². The van der Waals surface area contributed by atoms with E-state index in [4.69, 9.17) is 16.3 Å². The molecule has 0 aromatic heterocycles. The van der Waals surface area contributed by atoms with E-state index in [2.05, 4.69) is 31.6 Å². The van der Waals surface area contributed by atoms with Crippen LogP contribution in [0.15, 0.2) is 36.4 Å². The fourth-order valence-electron chi connectivity index (χ4n) is 9.80. The standard InChI is InChI=1S/C41H58ClN5O6S/c1-28-7-5-16-41(50,26-45-18-20-46(38(48)24-45)19-17-44(3)4)35-12-9-32(35)23-47-25-40(15-6-8-30-21-33(42)11-13-34(30)40)27-53-37-14-10-31(22-36(37)47)39(49)43-54(51,52)29(28)2/h10-11,13-14,21-22,28-29,32,35,50H,5-9,12,15-20,23-27H2,1-4H3,(H,43,49)/t28-,29+,32-,35+,40-,41+/m0/s1. The lowest BCUT2D eigenvalue weighted by atomic mass is 9.62. The molecule has 2 aromatic rings. The molecule has 2 bridgehead atoms. The summed E-state index contributed by atoms with van der Waals surface area (Å²) >= 11 is 6.48. The number of anilines is 1. The van der Waals surface area contributed by atoms with Gasteiger partial charge in [0, 0.05) is 61.8 Å². The molecular weight excluding hydrogens is 726 g/mol. The molecule has 7 rings (SSSR count). The number of ether oxygens (including phenoxy) is 1. The van der Waals surface area contributed by atoms with Gasteiger partial charge in [-0.1, -0.05) is 31.0 Å². The number of β-amino-alcohol motifs (C(OH)–C–C–N with tert-alkyl or cyclic N) is 1. The monoisotopic (exact) mass is 783 g/mol. The van der Waals surface area contributed by atoms with Gasteiger partial charge < -0.3 is 24.5 Å². The lowest BCUT2D eigenvalue weighted by molar-refractivity contribution is -0.142. The SMILES string of the molecule is C[C@@H]1[C@@H](C)CCC[C@@](O)(CN2CCN(CCN(C)C)C(=O)C2)[C@@H]2CC[C@H]2CN2C[C@@]3(CCCc4cc(Cl)ccc43)COc3ccc(cc32)C(=O)NS1(=O)=O. The topological polar surface area (TPSA) is 123 Å².